The molecular weight excluding hydrogens is 432 g/mol. The Hall–Kier alpha value is -4.27. The quantitative estimate of drug-likeness (QED) is 0.610. The third kappa shape index (κ3) is 4.73. The Morgan fingerprint density at radius 3 is 2.62 bits per heavy atom. The van der Waals surface area contributed by atoms with Gasteiger partial charge in [0.15, 0.2) is 0 Å². The molecule has 1 N–H and O–H groups in total. The van der Waals surface area contributed by atoms with Crippen molar-refractivity contribution >= 4 is 23.7 Å². The van der Waals surface area contributed by atoms with Crippen LogP contribution in [0.5, 0.6) is 0 Å². The van der Waals surface area contributed by atoms with Crippen molar-refractivity contribution in [2.75, 3.05) is 25.1 Å². The molecule has 1 atom stereocenters. The number of benzene rings is 2. The largest absolute Gasteiger partial charge is 0.353 e. The van der Waals surface area contributed by atoms with E-state index in [1.54, 1.807) is 29.4 Å². The molecule has 0 saturated carbocycles. The normalized spacial score (nSPS) is 17.4. The summed E-state index contributed by atoms with van der Waals surface area (Å²) in [5.74, 6) is 0.353. The second kappa shape index (κ2) is 9.30. The maximum Gasteiger partial charge on any atom is 0.258 e. The lowest BCUT2D eigenvalue weighted by Gasteiger charge is -2.26. The molecule has 3 aromatic rings. The maximum atomic E-state index is 12.8. The number of hydrogen-bond donors (Lipinski definition) is 1. The Morgan fingerprint density at radius 1 is 1.12 bits per heavy atom. The number of aryl methyl sites for hydroxylation is 1. The first-order chi connectivity index (χ1) is 16.5. The second-order valence-electron chi connectivity index (χ2n) is 8.42. The number of aromatic nitrogens is 2. The number of rotatable bonds is 6. The molecular formula is C25H24N6O3. The molecule has 0 aliphatic carbocycles. The third-order valence-electron chi connectivity index (χ3n) is 5.86. The molecule has 2 aromatic carbocycles. The fourth-order valence-electron chi connectivity index (χ4n) is 3.92. The Labute approximate surface area is 196 Å². The highest BCUT2D eigenvalue weighted by atomic mass is 16.5. The first-order valence-electron chi connectivity index (χ1n) is 11.1. The molecule has 9 nitrogen and oxygen atoms in total. The SMILES string of the molecule is Cc1ccc(-c2noc(-c3ccc(NC(=O)C4CC(=O)N(CN5C=CN=CC5)C4)cc3)n2)cc1. The predicted molar refractivity (Wildman–Crippen MR) is 128 cm³/mol. The number of hydrogen-bond acceptors (Lipinski definition) is 7. The van der Waals surface area contributed by atoms with Crippen molar-refractivity contribution in [3.05, 3.63) is 66.5 Å². The lowest BCUT2D eigenvalue weighted by molar-refractivity contribution is -0.129. The van der Waals surface area contributed by atoms with Gasteiger partial charge < -0.3 is 19.6 Å². The molecule has 34 heavy (non-hydrogen) atoms. The number of carbonyl (C=O) groups excluding carboxylic acids is 2. The predicted octanol–water partition coefficient (Wildman–Crippen LogP) is 3.31. The van der Waals surface area contributed by atoms with Crippen molar-refractivity contribution in [1.82, 2.24) is 19.9 Å². The Balaban J connectivity index is 1.19. The van der Waals surface area contributed by atoms with Crippen molar-refractivity contribution in [1.29, 1.82) is 0 Å². The first kappa shape index (κ1) is 21.6. The van der Waals surface area contributed by atoms with Crippen LogP contribution in [0.15, 0.2) is 70.4 Å². The van der Waals surface area contributed by atoms with E-state index in [1.165, 1.54) is 0 Å². The lowest BCUT2D eigenvalue weighted by Crippen LogP contribution is -2.38. The molecule has 1 saturated heterocycles. The van der Waals surface area contributed by atoms with Crippen LogP contribution >= 0.6 is 0 Å². The zero-order valence-electron chi connectivity index (χ0n) is 18.7. The van der Waals surface area contributed by atoms with E-state index in [-0.39, 0.29) is 24.2 Å². The number of anilines is 1. The van der Waals surface area contributed by atoms with Crippen LogP contribution in [-0.2, 0) is 9.59 Å². The van der Waals surface area contributed by atoms with Gasteiger partial charge in [-0.2, -0.15) is 4.98 Å². The molecule has 172 valence electrons. The second-order valence-corrected chi connectivity index (χ2v) is 8.42. The molecule has 0 radical (unpaired) electrons. The van der Waals surface area contributed by atoms with Crippen molar-refractivity contribution < 1.29 is 14.1 Å². The van der Waals surface area contributed by atoms with Crippen molar-refractivity contribution in [2.45, 2.75) is 13.3 Å². The van der Waals surface area contributed by atoms with Gasteiger partial charge in [0.1, 0.15) is 0 Å². The van der Waals surface area contributed by atoms with Gasteiger partial charge >= 0.3 is 0 Å². The number of likely N-dealkylation sites (tertiary alicyclic amines) is 1. The zero-order valence-corrected chi connectivity index (χ0v) is 18.7. The summed E-state index contributed by atoms with van der Waals surface area (Å²) in [6, 6.07) is 15.1. The summed E-state index contributed by atoms with van der Waals surface area (Å²) < 4.78 is 5.42. The summed E-state index contributed by atoms with van der Waals surface area (Å²) in [6.07, 6.45) is 5.52. The number of aliphatic imine (C=N–C) groups is 1. The Bertz CT molecular complexity index is 1250. The number of amides is 2. The lowest BCUT2D eigenvalue weighted by atomic mass is 10.1. The van der Waals surface area contributed by atoms with Gasteiger partial charge in [0, 0.05) is 48.4 Å². The van der Waals surface area contributed by atoms with Crippen molar-refractivity contribution in [2.24, 2.45) is 10.9 Å². The average Bonchev–Trinajstić information content (AvgIpc) is 3.48. The van der Waals surface area contributed by atoms with Gasteiger partial charge in [-0.15, -0.1) is 0 Å². The smallest absolute Gasteiger partial charge is 0.258 e. The van der Waals surface area contributed by atoms with E-state index < -0.39 is 0 Å². The van der Waals surface area contributed by atoms with Gasteiger partial charge in [-0.3, -0.25) is 14.6 Å². The standard InChI is InChI=1S/C25H24N6O3/c1-17-2-4-18(5-3-17)23-28-25(34-29-23)19-6-8-21(9-7-19)27-24(33)20-14-22(32)31(15-20)16-30-12-10-26-11-13-30/h2-12,20H,13-16H2,1H3,(H,27,33). The van der Waals surface area contributed by atoms with Crippen LogP contribution < -0.4 is 5.32 Å². The molecule has 2 aliphatic heterocycles. The summed E-state index contributed by atoms with van der Waals surface area (Å²) in [5.41, 5.74) is 3.44. The summed E-state index contributed by atoms with van der Waals surface area (Å²) in [5, 5.41) is 6.97. The molecule has 0 bridgehead atoms. The highest BCUT2D eigenvalue weighted by molar-refractivity contribution is 5.97. The summed E-state index contributed by atoms with van der Waals surface area (Å²) >= 11 is 0. The van der Waals surface area contributed by atoms with Crippen LogP contribution in [-0.4, -0.2) is 57.7 Å². The fourth-order valence-corrected chi connectivity index (χ4v) is 3.92. The minimum absolute atomic E-state index is 0.0211. The monoisotopic (exact) mass is 456 g/mol. The van der Waals surface area contributed by atoms with E-state index in [0.29, 0.717) is 37.2 Å². The minimum atomic E-state index is -0.386. The number of nitrogens with zero attached hydrogens (tertiary/aromatic N) is 5. The summed E-state index contributed by atoms with van der Waals surface area (Å²) in [4.78, 5) is 37.3. The van der Waals surface area contributed by atoms with Crippen molar-refractivity contribution in [3.8, 4) is 22.8 Å². The first-order valence-corrected chi connectivity index (χ1v) is 11.1. The third-order valence-corrected chi connectivity index (χ3v) is 5.86. The molecule has 2 aliphatic rings. The van der Waals surface area contributed by atoms with Crippen LogP contribution in [0.2, 0.25) is 0 Å². The number of nitrogens with one attached hydrogen (secondary N) is 1. The summed E-state index contributed by atoms with van der Waals surface area (Å²) in [6.45, 7) is 3.52. The van der Waals surface area contributed by atoms with Crippen LogP contribution in [0, 0.1) is 12.8 Å². The number of carbonyl (C=O) groups is 2. The molecule has 5 rings (SSSR count). The van der Waals surface area contributed by atoms with E-state index in [4.69, 9.17) is 4.52 Å². The van der Waals surface area contributed by atoms with Gasteiger partial charge in [-0.1, -0.05) is 35.0 Å². The van der Waals surface area contributed by atoms with Gasteiger partial charge in [0.2, 0.25) is 17.6 Å². The highest BCUT2D eigenvalue weighted by Crippen LogP contribution is 2.25. The average molecular weight is 457 g/mol. The highest BCUT2D eigenvalue weighted by Gasteiger charge is 2.34. The van der Waals surface area contributed by atoms with E-state index in [0.717, 1.165) is 16.7 Å². The van der Waals surface area contributed by atoms with Crippen LogP contribution in [0.3, 0.4) is 0 Å². The fraction of sp³-hybridized carbons (Fsp3) is 0.240. The van der Waals surface area contributed by atoms with E-state index in [1.807, 2.05) is 54.4 Å². The van der Waals surface area contributed by atoms with Crippen LogP contribution in [0.25, 0.3) is 22.8 Å². The minimum Gasteiger partial charge on any atom is -0.353 e. The van der Waals surface area contributed by atoms with Crippen LogP contribution in [0.4, 0.5) is 5.69 Å². The molecule has 3 heterocycles. The Morgan fingerprint density at radius 2 is 1.88 bits per heavy atom. The Kier molecular flexibility index (Phi) is 5.90. The van der Waals surface area contributed by atoms with Gasteiger partial charge in [0.05, 0.1) is 19.1 Å². The van der Waals surface area contributed by atoms with Crippen LogP contribution in [0.1, 0.15) is 12.0 Å². The molecule has 9 heteroatoms. The van der Waals surface area contributed by atoms with Gasteiger partial charge in [-0.05, 0) is 31.2 Å². The van der Waals surface area contributed by atoms with Gasteiger partial charge in [-0.25, -0.2) is 0 Å². The topological polar surface area (TPSA) is 104 Å². The zero-order chi connectivity index (χ0) is 23.5. The van der Waals surface area contributed by atoms with E-state index in [9.17, 15) is 9.59 Å². The molecule has 1 fully saturated rings. The van der Waals surface area contributed by atoms with Crippen molar-refractivity contribution in [3.63, 3.8) is 0 Å². The summed E-state index contributed by atoms with van der Waals surface area (Å²) in [7, 11) is 0. The van der Waals surface area contributed by atoms with E-state index >= 15 is 0 Å². The molecule has 0 spiro atoms. The molecule has 1 aromatic heterocycles. The molecule has 1 unspecified atom stereocenters. The maximum absolute atomic E-state index is 12.8. The molecule has 2 amide bonds. The van der Waals surface area contributed by atoms with E-state index in [2.05, 4.69) is 20.4 Å². The van der Waals surface area contributed by atoms with Gasteiger partial charge in [0.25, 0.3) is 5.89 Å².